The smallest absolute Gasteiger partial charge is 0.410 e. The number of likely N-dealkylation sites (tertiary alicyclic amines) is 2. The van der Waals surface area contributed by atoms with Gasteiger partial charge in [-0.15, -0.1) is 0 Å². The van der Waals surface area contributed by atoms with Crippen molar-refractivity contribution in [2.75, 3.05) is 45.2 Å². The van der Waals surface area contributed by atoms with Crippen LogP contribution in [0.15, 0.2) is 0 Å². The Bertz CT molecular complexity index is 900. The molecule has 9 nitrogen and oxygen atoms in total. The summed E-state index contributed by atoms with van der Waals surface area (Å²) < 4.78 is 11.6. The minimum absolute atomic E-state index is 0.0600. The normalized spacial score (nSPS) is 21.5. The molecule has 3 aliphatic rings. The number of ether oxygens (including phenoxy) is 2. The van der Waals surface area contributed by atoms with Gasteiger partial charge in [-0.05, 0) is 60.2 Å². The standard InChI is InChI=1S/C23H34N6O3/c1-23(2,3)32-22(30)29-12-15(13-29)26-20-17-7-8-25-11-19(17)27-21(18(20)10-24)31-14-16-6-5-9-28(16)4/h15-16,25H,5-9,11-14H2,1-4H3,(H,26,27)/t16-/m0/s1. The van der Waals surface area contributed by atoms with Gasteiger partial charge in [-0.2, -0.15) is 5.26 Å². The monoisotopic (exact) mass is 442 g/mol. The number of pyridine rings is 1. The van der Waals surface area contributed by atoms with Gasteiger partial charge in [0.15, 0.2) is 0 Å². The number of nitriles is 1. The molecule has 0 spiro atoms. The molecule has 4 rings (SSSR count). The maximum Gasteiger partial charge on any atom is 0.410 e. The lowest BCUT2D eigenvalue weighted by Crippen LogP contribution is -2.58. The van der Waals surface area contributed by atoms with Crippen LogP contribution in [0.5, 0.6) is 5.88 Å². The van der Waals surface area contributed by atoms with Crippen molar-refractivity contribution in [3.63, 3.8) is 0 Å². The van der Waals surface area contributed by atoms with Crippen LogP contribution >= 0.6 is 0 Å². The summed E-state index contributed by atoms with van der Waals surface area (Å²) in [5.41, 5.74) is 2.75. The predicted octanol–water partition coefficient (Wildman–Crippen LogP) is 2.10. The molecule has 3 aliphatic heterocycles. The summed E-state index contributed by atoms with van der Waals surface area (Å²) in [5, 5.41) is 16.9. The summed E-state index contributed by atoms with van der Waals surface area (Å²) in [6.07, 6.45) is 2.76. The molecule has 0 saturated carbocycles. The number of anilines is 1. The highest BCUT2D eigenvalue weighted by molar-refractivity contribution is 5.71. The molecular formula is C23H34N6O3. The Hall–Kier alpha value is -2.57. The fourth-order valence-corrected chi connectivity index (χ4v) is 4.47. The highest BCUT2D eigenvalue weighted by Gasteiger charge is 2.35. The van der Waals surface area contributed by atoms with E-state index in [1.807, 2.05) is 20.8 Å². The van der Waals surface area contributed by atoms with Crippen LogP contribution in [0.25, 0.3) is 0 Å². The molecule has 1 aromatic rings. The van der Waals surface area contributed by atoms with E-state index in [2.05, 4.69) is 28.7 Å². The van der Waals surface area contributed by atoms with Crippen molar-refractivity contribution in [1.82, 2.24) is 20.1 Å². The van der Waals surface area contributed by atoms with Crippen LogP contribution in [0.2, 0.25) is 0 Å². The van der Waals surface area contributed by atoms with E-state index in [0.717, 1.165) is 42.9 Å². The molecule has 1 amide bonds. The number of fused-ring (bicyclic) bond motifs is 1. The average Bonchev–Trinajstić information content (AvgIpc) is 3.11. The first-order valence-electron chi connectivity index (χ1n) is 11.5. The van der Waals surface area contributed by atoms with Gasteiger partial charge in [0.1, 0.15) is 23.8 Å². The number of amides is 1. The van der Waals surface area contributed by atoms with E-state index in [-0.39, 0.29) is 12.1 Å². The largest absolute Gasteiger partial charge is 0.475 e. The van der Waals surface area contributed by atoms with Crippen LogP contribution in [0.3, 0.4) is 0 Å². The third-order valence-corrected chi connectivity index (χ3v) is 6.27. The van der Waals surface area contributed by atoms with Crippen molar-refractivity contribution in [2.45, 2.75) is 64.3 Å². The van der Waals surface area contributed by atoms with Crippen LogP contribution in [0.4, 0.5) is 10.5 Å². The zero-order valence-electron chi connectivity index (χ0n) is 19.5. The summed E-state index contributed by atoms with van der Waals surface area (Å²) in [4.78, 5) is 21.0. The number of hydrogen-bond acceptors (Lipinski definition) is 8. The quantitative estimate of drug-likeness (QED) is 0.715. The maximum atomic E-state index is 12.3. The van der Waals surface area contributed by atoms with Gasteiger partial charge in [-0.3, -0.25) is 0 Å². The zero-order valence-corrected chi connectivity index (χ0v) is 19.5. The van der Waals surface area contributed by atoms with Gasteiger partial charge >= 0.3 is 6.09 Å². The number of rotatable bonds is 5. The van der Waals surface area contributed by atoms with Gasteiger partial charge in [0.25, 0.3) is 0 Å². The van der Waals surface area contributed by atoms with E-state index in [0.29, 0.717) is 43.7 Å². The Morgan fingerprint density at radius 1 is 1.38 bits per heavy atom. The first-order chi connectivity index (χ1) is 15.2. The molecule has 0 aromatic carbocycles. The van der Waals surface area contributed by atoms with Crippen molar-refractivity contribution in [3.8, 4) is 11.9 Å². The molecule has 0 aliphatic carbocycles. The Morgan fingerprint density at radius 3 is 2.81 bits per heavy atom. The number of aromatic nitrogens is 1. The minimum atomic E-state index is -0.514. The Morgan fingerprint density at radius 2 is 2.16 bits per heavy atom. The number of likely N-dealkylation sites (N-methyl/N-ethyl adjacent to an activating group) is 1. The summed E-state index contributed by atoms with van der Waals surface area (Å²) in [5.74, 6) is 0.404. The molecule has 0 unspecified atom stereocenters. The van der Waals surface area contributed by atoms with E-state index < -0.39 is 5.60 Å². The summed E-state index contributed by atoms with van der Waals surface area (Å²) in [6, 6.07) is 2.74. The van der Waals surface area contributed by atoms with Gasteiger partial charge in [-0.1, -0.05) is 0 Å². The molecule has 32 heavy (non-hydrogen) atoms. The number of nitrogens with one attached hydrogen (secondary N) is 2. The summed E-state index contributed by atoms with van der Waals surface area (Å²) in [6.45, 7) is 9.77. The first kappa shape index (κ1) is 22.6. The van der Waals surface area contributed by atoms with E-state index in [1.54, 1.807) is 4.90 Å². The SMILES string of the molecule is CN1CCC[C@H]1COc1nc2c(c(NC3CN(C(=O)OC(C)(C)C)C3)c1C#N)CCNC2. The number of carbonyl (C=O) groups is 1. The molecule has 2 N–H and O–H groups in total. The molecule has 1 aromatic heterocycles. The van der Waals surface area contributed by atoms with Crippen LogP contribution in [0, 0.1) is 11.3 Å². The highest BCUT2D eigenvalue weighted by atomic mass is 16.6. The molecule has 2 saturated heterocycles. The van der Waals surface area contributed by atoms with Gasteiger partial charge in [-0.25, -0.2) is 9.78 Å². The van der Waals surface area contributed by atoms with E-state index in [9.17, 15) is 10.1 Å². The second-order valence-electron chi connectivity index (χ2n) is 9.95. The van der Waals surface area contributed by atoms with Gasteiger partial charge in [0, 0.05) is 31.2 Å². The lowest BCUT2D eigenvalue weighted by molar-refractivity contribution is 0.0105. The summed E-state index contributed by atoms with van der Waals surface area (Å²) in [7, 11) is 2.11. The summed E-state index contributed by atoms with van der Waals surface area (Å²) >= 11 is 0. The third-order valence-electron chi connectivity index (χ3n) is 6.27. The molecule has 2 fully saturated rings. The number of hydrogen-bond donors (Lipinski definition) is 2. The fourth-order valence-electron chi connectivity index (χ4n) is 4.47. The number of nitrogens with zero attached hydrogens (tertiary/aromatic N) is 4. The van der Waals surface area contributed by atoms with Crippen LogP contribution in [-0.4, -0.2) is 78.4 Å². The Kier molecular flexibility index (Phi) is 6.45. The molecule has 174 valence electrons. The molecule has 9 heteroatoms. The van der Waals surface area contributed by atoms with Gasteiger partial charge in [0.05, 0.1) is 17.4 Å². The predicted molar refractivity (Wildman–Crippen MR) is 121 cm³/mol. The second kappa shape index (κ2) is 9.12. The third kappa shape index (κ3) is 4.92. The first-order valence-corrected chi connectivity index (χ1v) is 11.5. The average molecular weight is 443 g/mol. The Balaban J connectivity index is 1.49. The molecule has 1 atom stereocenters. The van der Waals surface area contributed by atoms with Crippen molar-refractivity contribution >= 4 is 11.8 Å². The zero-order chi connectivity index (χ0) is 22.9. The second-order valence-corrected chi connectivity index (χ2v) is 9.95. The van der Waals surface area contributed by atoms with E-state index >= 15 is 0 Å². The lowest BCUT2D eigenvalue weighted by atomic mass is 9.99. The van der Waals surface area contributed by atoms with E-state index in [1.165, 1.54) is 6.42 Å². The molecular weight excluding hydrogens is 408 g/mol. The fraction of sp³-hybridized carbons (Fsp3) is 0.696. The van der Waals surface area contributed by atoms with Crippen molar-refractivity contribution < 1.29 is 14.3 Å². The topological polar surface area (TPSA) is 103 Å². The number of carbonyl (C=O) groups excluding carboxylic acids is 1. The lowest BCUT2D eigenvalue weighted by Gasteiger charge is -2.41. The van der Waals surface area contributed by atoms with Gasteiger partial charge < -0.3 is 29.9 Å². The van der Waals surface area contributed by atoms with E-state index in [4.69, 9.17) is 14.5 Å². The van der Waals surface area contributed by atoms with Crippen molar-refractivity contribution in [1.29, 1.82) is 5.26 Å². The highest BCUT2D eigenvalue weighted by Crippen LogP contribution is 2.34. The van der Waals surface area contributed by atoms with Crippen LogP contribution in [0.1, 0.15) is 50.4 Å². The molecule has 0 bridgehead atoms. The molecule has 0 radical (unpaired) electrons. The van der Waals surface area contributed by atoms with Crippen molar-refractivity contribution in [3.05, 3.63) is 16.8 Å². The van der Waals surface area contributed by atoms with Gasteiger partial charge in [0.2, 0.25) is 5.88 Å². The van der Waals surface area contributed by atoms with Crippen LogP contribution in [-0.2, 0) is 17.7 Å². The molecule has 4 heterocycles. The minimum Gasteiger partial charge on any atom is -0.475 e. The van der Waals surface area contributed by atoms with Crippen LogP contribution < -0.4 is 15.4 Å². The van der Waals surface area contributed by atoms with Crippen molar-refractivity contribution in [2.24, 2.45) is 0 Å². The Labute approximate surface area is 190 Å². The maximum absolute atomic E-state index is 12.3.